The molecule has 6 N–H and O–H groups in total. The summed E-state index contributed by atoms with van der Waals surface area (Å²) < 4.78 is 0. The van der Waals surface area contributed by atoms with Crippen LogP contribution in [0, 0.1) is 0 Å². The smallest absolute Gasteiger partial charge is 0.248 e. The summed E-state index contributed by atoms with van der Waals surface area (Å²) in [4.78, 5) is 19.4. The van der Waals surface area contributed by atoms with Crippen LogP contribution < -0.4 is 17.2 Å². The number of aromatic nitrogens is 2. The number of fused-ring (bicyclic) bond motifs is 1. The van der Waals surface area contributed by atoms with Crippen LogP contribution >= 0.6 is 0 Å². The number of nitrogen functional groups attached to an aromatic ring is 2. The Morgan fingerprint density at radius 1 is 0.957 bits per heavy atom. The maximum absolute atomic E-state index is 11.2. The molecule has 1 amide bonds. The van der Waals surface area contributed by atoms with Gasteiger partial charge in [0.15, 0.2) is 0 Å². The molecule has 0 atom stereocenters. The number of rotatable bonds is 4. The van der Waals surface area contributed by atoms with E-state index in [0.717, 1.165) is 34.9 Å². The highest BCUT2D eigenvalue weighted by atomic mass is 16.1. The third kappa shape index (κ3) is 3.21. The van der Waals surface area contributed by atoms with E-state index in [1.54, 1.807) is 6.07 Å². The van der Waals surface area contributed by atoms with Crippen molar-refractivity contribution in [3.8, 4) is 0 Å². The van der Waals surface area contributed by atoms with E-state index < -0.39 is 5.91 Å². The van der Waals surface area contributed by atoms with Crippen LogP contribution in [0.15, 0.2) is 42.5 Å². The molecular formula is C17H17N5O. The molecule has 23 heavy (non-hydrogen) atoms. The van der Waals surface area contributed by atoms with E-state index in [-0.39, 0.29) is 5.95 Å². The number of benzene rings is 2. The Balaban J connectivity index is 1.82. The molecule has 0 radical (unpaired) electrons. The van der Waals surface area contributed by atoms with Gasteiger partial charge in [0.1, 0.15) is 5.82 Å². The van der Waals surface area contributed by atoms with Crippen molar-refractivity contribution in [3.63, 3.8) is 0 Å². The number of anilines is 2. The number of hydrogen-bond donors (Lipinski definition) is 3. The van der Waals surface area contributed by atoms with Crippen LogP contribution in [0.3, 0.4) is 0 Å². The summed E-state index contributed by atoms with van der Waals surface area (Å²) in [5.74, 6) is 0.135. The molecule has 2 aromatic carbocycles. The monoisotopic (exact) mass is 307 g/mol. The maximum atomic E-state index is 11.2. The highest BCUT2D eigenvalue weighted by molar-refractivity contribution is 5.93. The molecule has 0 aliphatic rings. The zero-order valence-electron chi connectivity index (χ0n) is 12.5. The van der Waals surface area contributed by atoms with E-state index in [9.17, 15) is 4.79 Å². The van der Waals surface area contributed by atoms with Crippen molar-refractivity contribution in [1.82, 2.24) is 9.97 Å². The van der Waals surface area contributed by atoms with Crippen molar-refractivity contribution in [2.24, 2.45) is 5.73 Å². The molecule has 0 saturated carbocycles. The first-order chi connectivity index (χ1) is 11.0. The lowest BCUT2D eigenvalue weighted by Gasteiger charge is -2.07. The van der Waals surface area contributed by atoms with Gasteiger partial charge in [-0.05, 0) is 48.2 Å². The van der Waals surface area contributed by atoms with E-state index in [2.05, 4.69) is 9.97 Å². The number of nitrogens with zero attached hydrogens (tertiary/aromatic N) is 2. The number of carbonyl (C=O) groups excluding carboxylic acids is 1. The Hall–Kier alpha value is -3.15. The molecule has 6 heteroatoms. The van der Waals surface area contributed by atoms with Crippen molar-refractivity contribution in [3.05, 3.63) is 59.2 Å². The van der Waals surface area contributed by atoms with Crippen LogP contribution in [0.2, 0.25) is 0 Å². The summed E-state index contributed by atoms with van der Waals surface area (Å²) in [7, 11) is 0. The summed E-state index contributed by atoms with van der Waals surface area (Å²) in [6, 6.07) is 13.2. The molecular weight excluding hydrogens is 290 g/mol. The molecule has 3 rings (SSSR count). The number of carbonyl (C=O) groups is 1. The highest BCUT2D eigenvalue weighted by Crippen LogP contribution is 2.21. The summed E-state index contributed by atoms with van der Waals surface area (Å²) in [6.45, 7) is 0. The fourth-order valence-electron chi connectivity index (χ4n) is 2.54. The number of aryl methyl sites for hydroxylation is 2. The lowest BCUT2D eigenvalue weighted by atomic mass is 10.0. The Kier molecular flexibility index (Phi) is 3.80. The van der Waals surface area contributed by atoms with E-state index in [4.69, 9.17) is 17.2 Å². The van der Waals surface area contributed by atoms with Gasteiger partial charge in [0.2, 0.25) is 11.9 Å². The number of amides is 1. The minimum atomic E-state index is -0.417. The minimum Gasteiger partial charge on any atom is -0.383 e. The van der Waals surface area contributed by atoms with Crippen LogP contribution in [0.4, 0.5) is 11.8 Å². The van der Waals surface area contributed by atoms with Gasteiger partial charge in [0.05, 0.1) is 5.52 Å². The molecule has 0 saturated heterocycles. The van der Waals surface area contributed by atoms with E-state index in [0.29, 0.717) is 11.4 Å². The van der Waals surface area contributed by atoms with Gasteiger partial charge in [-0.3, -0.25) is 4.79 Å². The lowest BCUT2D eigenvalue weighted by molar-refractivity contribution is 0.1000. The highest BCUT2D eigenvalue weighted by Gasteiger charge is 2.06. The third-order valence-electron chi connectivity index (χ3n) is 3.72. The second-order valence-electron chi connectivity index (χ2n) is 5.38. The number of primary amides is 1. The average molecular weight is 307 g/mol. The van der Waals surface area contributed by atoms with Crippen molar-refractivity contribution in [1.29, 1.82) is 0 Å². The predicted molar refractivity (Wildman–Crippen MR) is 90.7 cm³/mol. The van der Waals surface area contributed by atoms with Gasteiger partial charge < -0.3 is 17.2 Å². The van der Waals surface area contributed by atoms with E-state index in [1.807, 2.05) is 36.4 Å². The van der Waals surface area contributed by atoms with Gasteiger partial charge in [-0.25, -0.2) is 4.98 Å². The standard InChI is InChI=1S/C17H17N5O/c18-15-13-9-11(6-7-14(13)21-17(20)22-15)5-4-10-2-1-3-12(8-10)16(19)23/h1-3,6-9H,4-5H2,(H2,19,23)(H4,18,20,21,22). The molecule has 3 aromatic rings. The molecule has 0 unspecified atom stereocenters. The van der Waals surface area contributed by atoms with Crippen molar-refractivity contribution in [2.45, 2.75) is 12.8 Å². The quantitative estimate of drug-likeness (QED) is 0.677. The van der Waals surface area contributed by atoms with Crippen LogP contribution in [0.5, 0.6) is 0 Å². The topological polar surface area (TPSA) is 121 Å². The molecule has 116 valence electrons. The van der Waals surface area contributed by atoms with Crippen molar-refractivity contribution in [2.75, 3.05) is 11.5 Å². The fraction of sp³-hybridized carbons (Fsp3) is 0.118. The minimum absolute atomic E-state index is 0.172. The van der Waals surface area contributed by atoms with Crippen LogP contribution in [-0.2, 0) is 12.8 Å². The molecule has 1 aromatic heterocycles. The van der Waals surface area contributed by atoms with Gasteiger partial charge >= 0.3 is 0 Å². The Bertz CT molecular complexity index is 891. The second kappa shape index (κ2) is 5.92. The lowest BCUT2D eigenvalue weighted by Crippen LogP contribution is -2.11. The Labute approximate surface area is 133 Å². The van der Waals surface area contributed by atoms with E-state index in [1.165, 1.54) is 0 Å². The number of hydrogen-bond acceptors (Lipinski definition) is 5. The van der Waals surface area contributed by atoms with Gasteiger partial charge in [-0.1, -0.05) is 18.2 Å². The van der Waals surface area contributed by atoms with E-state index >= 15 is 0 Å². The summed E-state index contributed by atoms with van der Waals surface area (Å²) in [6.07, 6.45) is 1.60. The van der Waals surface area contributed by atoms with Gasteiger partial charge in [0.25, 0.3) is 0 Å². The molecule has 0 bridgehead atoms. The molecule has 1 heterocycles. The van der Waals surface area contributed by atoms with Gasteiger partial charge in [-0.2, -0.15) is 4.98 Å². The predicted octanol–water partition coefficient (Wildman–Crippen LogP) is 1.68. The Morgan fingerprint density at radius 3 is 2.43 bits per heavy atom. The summed E-state index contributed by atoms with van der Waals surface area (Å²) >= 11 is 0. The van der Waals surface area contributed by atoms with Crippen LogP contribution in [0.1, 0.15) is 21.5 Å². The Morgan fingerprint density at radius 2 is 1.70 bits per heavy atom. The first kappa shape index (κ1) is 14.8. The van der Waals surface area contributed by atoms with Crippen LogP contribution in [-0.4, -0.2) is 15.9 Å². The normalized spacial score (nSPS) is 10.8. The zero-order valence-corrected chi connectivity index (χ0v) is 12.5. The third-order valence-corrected chi connectivity index (χ3v) is 3.72. The van der Waals surface area contributed by atoms with Gasteiger partial charge in [0, 0.05) is 10.9 Å². The SMILES string of the molecule is NC(=O)c1cccc(CCc2ccc3nc(N)nc(N)c3c2)c1. The van der Waals surface area contributed by atoms with Crippen molar-refractivity contribution >= 4 is 28.6 Å². The average Bonchev–Trinajstić information content (AvgIpc) is 2.53. The molecule has 0 aliphatic heterocycles. The summed E-state index contributed by atoms with van der Waals surface area (Å²) in [5.41, 5.74) is 20.2. The first-order valence-corrected chi connectivity index (χ1v) is 7.23. The largest absolute Gasteiger partial charge is 0.383 e. The van der Waals surface area contributed by atoms with Crippen LogP contribution in [0.25, 0.3) is 10.9 Å². The molecule has 0 aliphatic carbocycles. The molecule has 0 fully saturated rings. The fourth-order valence-corrected chi connectivity index (χ4v) is 2.54. The zero-order chi connectivity index (χ0) is 16.4. The number of nitrogens with two attached hydrogens (primary N) is 3. The maximum Gasteiger partial charge on any atom is 0.248 e. The first-order valence-electron chi connectivity index (χ1n) is 7.23. The second-order valence-corrected chi connectivity index (χ2v) is 5.38. The van der Waals surface area contributed by atoms with Crippen molar-refractivity contribution < 1.29 is 4.79 Å². The summed E-state index contributed by atoms with van der Waals surface area (Å²) in [5, 5.41) is 0.794. The van der Waals surface area contributed by atoms with Gasteiger partial charge in [-0.15, -0.1) is 0 Å². The molecule has 0 spiro atoms. The molecule has 6 nitrogen and oxygen atoms in total.